The highest BCUT2D eigenvalue weighted by molar-refractivity contribution is 7.13. The first-order valence-electron chi connectivity index (χ1n) is 8.66. The fraction of sp³-hybridized carbons (Fsp3) is 0.238. The second-order valence-electron chi connectivity index (χ2n) is 6.21. The number of nitrogens with zero attached hydrogens (tertiary/aromatic N) is 1. The maximum atomic E-state index is 12.2. The molecular weight excluding hydrogens is 344 g/mol. The summed E-state index contributed by atoms with van der Waals surface area (Å²) in [6.07, 6.45) is 0.831. The van der Waals surface area contributed by atoms with Gasteiger partial charge in [0.15, 0.2) is 0 Å². The van der Waals surface area contributed by atoms with Crippen molar-refractivity contribution in [3.8, 4) is 16.3 Å². The molecule has 26 heavy (non-hydrogen) atoms. The van der Waals surface area contributed by atoms with Crippen molar-refractivity contribution in [3.63, 3.8) is 0 Å². The average molecular weight is 366 g/mol. The molecule has 0 aliphatic rings. The Balaban J connectivity index is 1.50. The third-order valence-electron chi connectivity index (χ3n) is 3.73. The van der Waals surface area contributed by atoms with Crippen LogP contribution in [-0.2, 0) is 6.42 Å². The van der Waals surface area contributed by atoms with E-state index >= 15 is 0 Å². The Morgan fingerprint density at radius 1 is 1.12 bits per heavy atom. The molecule has 0 aliphatic carbocycles. The highest BCUT2D eigenvalue weighted by Crippen LogP contribution is 2.23. The van der Waals surface area contributed by atoms with Gasteiger partial charge in [-0.2, -0.15) is 0 Å². The molecule has 0 spiro atoms. The van der Waals surface area contributed by atoms with E-state index in [1.165, 1.54) is 0 Å². The SMILES string of the molecule is CC(C)Oc1ccc(C(=O)NCCc2csc(-c3ccccc3)n2)cc1. The van der Waals surface area contributed by atoms with Crippen molar-refractivity contribution in [2.45, 2.75) is 26.4 Å². The summed E-state index contributed by atoms with van der Waals surface area (Å²) in [5.41, 5.74) is 2.75. The fourth-order valence-corrected chi connectivity index (χ4v) is 3.36. The van der Waals surface area contributed by atoms with E-state index in [2.05, 4.69) is 22.4 Å². The molecule has 0 saturated carbocycles. The van der Waals surface area contributed by atoms with Crippen molar-refractivity contribution in [1.82, 2.24) is 10.3 Å². The normalized spacial score (nSPS) is 10.7. The second kappa shape index (κ2) is 8.63. The number of rotatable bonds is 7. The minimum Gasteiger partial charge on any atom is -0.491 e. The molecule has 1 N–H and O–H groups in total. The summed E-state index contributed by atoms with van der Waals surface area (Å²) in [7, 11) is 0. The molecule has 4 nitrogen and oxygen atoms in total. The third-order valence-corrected chi connectivity index (χ3v) is 4.67. The molecule has 0 unspecified atom stereocenters. The number of thiazole rings is 1. The number of benzene rings is 2. The summed E-state index contributed by atoms with van der Waals surface area (Å²) >= 11 is 1.63. The summed E-state index contributed by atoms with van der Waals surface area (Å²) in [5.74, 6) is 0.687. The van der Waals surface area contributed by atoms with Crippen molar-refractivity contribution >= 4 is 17.2 Å². The van der Waals surface area contributed by atoms with Gasteiger partial charge in [0.1, 0.15) is 10.8 Å². The smallest absolute Gasteiger partial charge is 0.251 e. The predicted octanol–water partition coefficient (Wildman–Crippen LogP) is 4.57. The lowest BCUT2D eigenvalue weighted by molar-refractivity contribution is 0.0954. The number of amides is 1. The topological polar surface area (TPSA) is 51.2 Å². The monoisotopic (exact) mass is 366 g/mol. The lowest BCUT2D eigenvalue weighted by Gasteiger charge is -2.10. The van der Waals surface area contributed by atoms with Crippen LogP contribution in [-0.4, -0.2) is 23.5 Å². The molecule has 0 fully saturated rings. The van der Waals surface area contributed by atoms with Gasteiger partial charge in [-0.05, 0) is 38.1 Å². The fourth-order valence-electron chi connectivity index (χ4n) is 2.50. The van der Waals surface area contributed by atoms with Gasteiger partial charge >= 0.3 is 0 Å². The molecule has 5 heteroatoms. The molecule has 2 aromatic carbocycles. The molecule has 0 bridgehead atoms. The zero-order valence-corrected chi connectivity index (χ0v) is 15.8. The van der Waals surface area contributed by atoms with Crippen LogP contribution in [0.2, 0.25) is 0 Å². The van der Waals surface area contributed by atoms with E-state index in [4.69, 9.17) is 4.74 Å². The number of hydrogen-bond acceptors (Lipinski definition) is 4. The van der Waals surface area contributed by atoms with Crippen molar-refractivity contribution < 1.29 is 9.53 Å². The number of carbonyl (C=O) groups excluding carboxylic acids is 1. The van der Waals surface area contributed by atoms with Crippen molar-refractivity contribution in [2.24, 2.45) is 0 Å². The van der Waals surface area contributed by atoms with Gasteiger partial charge < -0.3 is 10.1 Å². The minimum absolute atomic E-state index is 0.0837. The Hall–Kier alpha value is -2.66. The van der Waals surface area contributed by atoms with E-state index in [0.29, 0.717) is 18.5 Å². The van der Waals surface area contributed by atoms with Crippen LogP contribution in [0.25, 0.3) is 10.6 Å². The molecular formula is C21H22N2O2S. The molecule has 3 rings (SSSR count). The Bertz CT molecular complexity index is 842. The Morgan fingerprint density at radius 3 is 2.54 bits per heavy atom. The van der Waals surface area contributed by atoms with Crippen LogP contribution in [0.3, 0.4) is 0 Å². The third kappa shape index (κ3) is 4.92. The number of ether oxygens (including phenoxy) is 1. The van der Waals surface area contributed by atoms with Gasteiger partial charge in [0, 0.05) is 29.5 Å². The van der Waals surface area contributed by atoms with Crippen molar-refractivity contribution in [3.05, 3.63) is 71.2 Å². The van der Waals surface area contributed by atoms with Crippen LogP contribution < -0.4 is 10.1 Å². The number of aromatic nitrogens is 1. The highest BCUT2D eigenvalue weighted by atomic mass is 32.1. The summed E-state index contributed by atoms with van der Waals surface area (Å²) in [6, 6.07) is 17.3. The molecule has 1 heterocycles. The van der Waals surface area contributed by atoms with Gasteiger partial charge in [0.2, 0.25) is 0 Å². The zero-order valence-electron chi connectivity index (χ0n) is 14.9. The summed E-state index contributed by atoms with van der Waals surface area (Å²) in [6.45, 7) is 4.51. The van der Waals surface area contributed by atoms with Gasteiger partial charge in [-0.15, -0.1) is 11.3 Å². The summed E-state index contributed by atoms with van der Waals surface area (Å²) in [5, 5.41) is 6.00. The number of hydrogen-bond donors (Lipinski definition) is 1. The van der Waals surface area contributed by atoms with Gasteiger partial charge in [-0.25, -0.2) is 4.98 Å². The van der Waals surface area contributed by atoms with E-state index < -0.39 is 0 Å². The lowest BCUT2D eigenvalue weighted by atomic mass is 10.2. The van der Waals surface area contributed by atoms with Crippen LogP contribution in [0.15, 0.2) is 60.0 Å². The predicted molar refractivity (Wildman–Crippen MR) is 106 cm³/mol. The number of nitrogens with one attached hydrogen (secondary N) is 1. The van der Waals surface area contributed by atoms with E-state index in [-0.39, 0.29) is 12.0 Å². The molecule has 134 valence electrons. The first kappa shape index (κ1) is 18.1. The first-order chi connectivity index (χ1) is 12.6. The van der Waals surface area contributed by atoms with E-state index in [1.54, 1.807) is 23.5 Å². The second-order valence-corrected chi connectivity index (χ2v) is 7.07. The summed E-state index contributed by atoms with van der Waals surface area (Å²) in [4.78, 5) is 16.9. The molecule has 3 aromatic rings. The van der Waals surface area contributed by atoms with Crippen LogP contribution in [0, 0.1) is 0 Å². The molecule has 1 amide bonds. The molecule has 0 aliphatic heterocycles. The first-order valence-corrected chi connectivity index (χ1v) is 9.54. The summed E-state index contributed by atoms with van der Waals surface area (Å²) < 4.78 is 5.59. The van der Waals surface area contributed by atoms with Crippen LogP contribution in [0.5, 0.6) is 5.75 Å². The van der Waals surface area contributed by atoms with Gasteiger partial charge in [-0.1, -0.05) is 30.3 Å². The average Bonchev–Trinajstić information content (AvgIpc) is 3.11. The maximum absolute atomic E-state index is 12.2. The standard InChI is InChI=1S/C21H22N2O2S/c1-15(2)25-19-10-8-16(9-11-19)20(24)22-13-12-18-14-26-21(23-18)17-6-4-3-5-7-17/h3-11,14-15H,12-13H2,1-2H3,(H,22,24). The molecule has 1 aromatic heterocycles. The number of carbonyl (C=O) groups is 1. The molecule has 0 atom stereocenters. The van der Waals surface area contributed by atoms with Gasteiger partial charge in [-0.3, -0.25) is 4.79 Å². The van der Waals surface area contributed by atoms with E-state index in [9.17, 15) is 4.79 Å². The van der Waals surface area contributed by atoms with E-state index in [1.807, 2.05) is 49.6 Å². The maximum Gasteiger partial charge on any atom is 0.251 e. The van der Waals surface area contributed by atoms with Gasteiger partial charge in [0.05, 0.1) is 11.8 Å². The highest BCUT2D eigenvalue weighted by Gasteiger charge is 2.08. The quantitative estimate of drug-likeness (QED) is 0.666. The largest absolute Gasteiger partial charge is 0.491 e. The Morgan fingerprint density at radius 2 is 1.85 bits per heavy atom. The molecule has 0 radical (unpaired) electrons. The van der Waals surface area contributed by atoms with Crippen LogP contribution in [0.4, 0.5) is 0 Å². The van der Waals surface area contributed by atoms with Gasteiger partial charge in [0.25, 0.3) is 5.91 Å². The van der Waals surface area contributed by atoms with Crippen molar-refractivity contribution in [2.75, 3.05) is 6.54 Å². The lowest BCUT2D eigenvalue weighted by Crippen LogP contribution is -2.25. The zero-order chi connectivity index (χ0) is 18.4. The minimum atomic E-state index is -0.0837. The van der Waals surface area contributed by atoms with E-state index in [0.717, 1.165) is 22.0 Å². The van der Waals surface area contributed by atoms with Crippen LogP contribution in [0.1, 0.15) is 29.9 Å². The van der Waals surface area contributed by atoms with Crippen molar-refractivity contribution in [1.29, 1.82) is 0 Å². The molecule has 0 saturated heterocycles. The Kier molecular flexibility index (Phi) is 6.02. The van der Waals surface area contributed by atoms with Crippen LogP contribution >= 0.6 is 11.3 Å². The Labute approximate surface area is 157 Å².